The van der Waals surface area contributed by atoms with Gasteiger partial charge in [0.25, 0.3) is 0 Å². The Bertz CT molecular complexity index is 967. The molecule has 0 aliphatic carbocycles. The Morgan fingerprint density at radius 1 is 0.314 bits per heavy atom. The molecule has 4 N–H and O–H groups in total. The third kappa shape index (κ3) is 50.3. The van der Waals surface area contributed by atoms with Crippen LogP contribution < -0.4 is 11.5 Å². The second kappa shape index (κ2) is 57.1. The normalized spacial score (nSPS) is 12.6. The van der Waals surface area contributed by atoms with Gasteiger partial charge in [0, 0.05) is 12.8 Å². The van der Waals surface area contributed by atoms with Gasteiger partial charge in [0.05, 0.1) is 13.2 Å². The van der Waals surface area contributed by atoms with Crippen LogP contribution in [0.5, 0.6) is 0 Å². The molecule has 0 amide bonds. The predicted octanol–water partition coefficient (Wildman–Crippen LogP) is 17.1. The van der Waals surface area contributed by atoms with Crippen molar-refractivity contribution in [3.05, 3.63) is 0 Å². The number of ether oxygens (including phenoxy) is 2. The highest BCUT2D eigenvalue weighted by atomic mass is 16.5. The molecular formula is C62H126N4O4. The van der Waals surface area contributed by atoms with E-state index in [0.717, 1.165) is 104 Å². The minimum absolute atomic E-state index is 0.00685. The van der Waals surface area contributed by atoms with Gasteiger partial charge in [-0.1, -0.05) is 220 Å². The standard InChI is InChI=1S/C62H126N4O4/c1-5-9-13-17-21-23-27-33-45-59(43-31-25-19-15-11-7-3)57-69-61(67)47-35-29-37-51-65(55-41-49-63)53-39-40-54-66(56-42-50-64)52-38-30-36-48-62(68)70-58-60(44-32-26-20-16-12-8-4)46-34-28-24-22-18-14-10-6-2/h59-60H,5-58,63-64H2,1-4H3. The van der Waals surface area contributed by atoms with Gasteiger partial charge in [-0.05, 0) is 141 Å². The van der Waals surface area contributed by atoms with E-state index < -0.39 is 0 Å². The van der Waals surface area contributed by atoms with Crippen molar-refractivity contribution in [1.29, 1.82) is 0 Å². The number of esters is 2. The molecule has 0 aromatic carbocycles. The van der Waals surface area contributed by atoms with Crippen LogP contribution in [0.1, 0.15) is 310 Å². The number of nitrogens with zero attached hydrogens (tertiary/aromatic N) is 2. The van der Waals surface area contributed by atoms with Crippen LogP contribution in [0.15, 0.2) is 0 Å². The van der Waals surface area contributed by atoms with Gasteiger partial charge in [0.15, 0.2) is 0 Å². The van der Waals surface area contributed by atoms with Crippen LogP contribution in [-0.2, 0) is 19.1 Å². The van der Waals surface area contributed by atoms with E-state index in [9.17, 15) is 9.59 Å². The smallest absolute Gasteiger partial charge is 0.305 e. The molecule has 2 unspecified atom stereocenters. The zero-order valence-electron chi connectivity index (χ0n) is 48.0. The minimum atomic E-state index is 0.00685. The lowest BCUT2D eigenvalue weighted by Gasteiger charge is -2.24. The van der Waals surface area contributed by atoms with Crippen molar-refractivity contribution in [2.24, 2.45) is 23.3 Å². The minimum Gasteiger partial charge on any atom is -0.465 e. The van der Waals surface area contributed by atoms with Gasteiger partial charge in [0.1, 0.15) is 0 Å². The number of carbonyl (C=O) groups excluding carboxylic acids is 2. The van der Waals surface area contributed by atoms with E-state index in [-0.39, 0.29) is 11.9 Å². The molecule has 2 atom stereocenters. The molecule has 0 aliphatic heterocycles. The summed E-state index contributed by atoms with van der Waals surface area (Å²) in [5, 5.41) is 0. The zero-order valence-corrected chi connectivity index (χ0v) is 48.0. The molecule has 0 aromatic heterocycles. The van der Waals surface area contributed by atoms with E-state index in [2.05, 4.69) is 37.5 Å². The highest BCUT2D eigenvalue weighted by molar-refractivity contribution is 5.69. The van der Waals surface area contributed by atoms with Crippen molar-refractivity contribution in [2.75, 3.05) is 65.6 Å². The summed E-state index contributed by atoms with van der Waals surface area (Å²) in [6.45, 7) is 18.3. The Morgan fingerprint density at radius 2 is 0.543 bits per heavy atom. The van der Waals surface area contributed by atoms with E-state index in [1.165, 1.54) is 218 Å². The number of carbonyl (C=O) groups is 2. The summed E-state index contributed by atoms with van der Waals surface area (Å²) >= 11 is 0. The monoisotopic (exact) mass is 991 g/mol. The molecule has 0 bridgehead atoms. The third-order valence-corrected chi connectivity index (χ3v) is 15.1. The summed E-state index contributed by atoms with van der Waals surface area (Å²) in [7, 11) is 0. The molecule has 0 heterocycles. The summed E-state index contributed by atoms with van der Waals surface area (Å²) in [6, 6.07) is 0. The van der Waals surface area contributed by atoms with Crippen molar-refractivity contribution in [3.8, 4) is 0 Å². The summed E-state index contributed by atoms with van der Waals surface area (Å²) in [4.78, 5) is 30.9. The maximum Gasteiger partial charge on any atom is 0.305 e. The average Bonchev–Trinajstić information content (AvgIpc) is 3.36. The topological polar surface area (TPSA) is 111 Å². The van der Waals surface area contributed by atoms with E-state index >= 15 is 0 Å². The second-order valence-electron chi connectivity index (χ2n) is 22.0. The molecule has 70 heavy (non-hydrogen) atoms. The fraction of sp³-hybridized carbons (Fsp3) is 0.968. The lowest BCUT2D eigenvalue weighted by molar-refractivity contribution is -0.146. The largest absolute Gasteiger partial charge is 0.465 e. The van der Waals surface area contributed by atoms with Gasteiger partial charge >= 0.3 is 11.9 Å². The first-order valence-corrected chi connectivity index (χ1v) is 31.6. The van der Waals surface area contributed by atoms with Crippen LogP contribution in [0.4, 0.5) is 0 Å². The summed E-state index contributed by atoms with van der Waals surface area (Å²) < 4.78 is 11.9. The SMILES string of the molecule is CCCCCCCCCCC(CCCCCCCC)COC(=O)CCCCCN(CCCN)CCCCN(CCCN)CCCCCC(=O)OCC(CCCCCCCC)CCCCCCCCCC. The molecule has 0 saturated heterocycles. The van der Waals surface area contributed by atoms with E-state index in [0.29, 0.717) is 37.9 Å². The number of hydrogen-bond acceptors (Lipinski definition) is 8. The fourth-order valence-corrected chi connectivity index (χ4v) is 10.3. The molecule has 8 nitrogen and oxygen atoms in total. The van der Waals surface area contributed by atoms with Crippen LogP contribution in [0.25, 0.3) is 0 Å². The van der Waals surface area contributed by atoms with Crippen LogP contribution in [0.3, 0.4) is 0 Å². The molecule has 0 radical (unpaired) electrons. The summed E-state index contributed by atoms with van der Waals surface area (Å²) in [6.07, 6.45) is 54.0. The molecule has 0 spiro atoms. The van der Waals surface area contributed by atoms with E-state index in [1.807, 2.05) is 0 Å². The van der Waals surface area contributed by atoms with Crippen molar-refractivity contribution >= 4 is 11.9 Å². The first-order chi connectivity index (χ1) is 34.4. The quantitative estimate of drug-likeness (QED) is 0.0458. The Morgan fingerprint density at radius 3 is 0.814 bits per heavy atom. The van der Waals surface area contributed by atoms with Crippen molar-refractivity contribution in [1.82, 2.24) is 9.80 Å². The lowest BCUT2D eigenvalue weighted by Crippen LogP contribution is -2.31. The Kier molecular flexibility index (Phi) is 56.1. The molecule has 0 rings (SSSR count). The van der Waals surface area contributed by atoms with Crippen LogP contribution >= 0.6 is 0 Å². The summed E-state index contributed by atoms with van der Waals surface area (Å²) in [5.74, 6) is 1.07. The van der Waals surface area contributed by atoms with Crippen molar-refractivity contribution in [3.63, 3.8) is 0 Å². The van der Waals surface area contributed by atoms with Gasteiger partial charge in [-0.15, -0.1) is 0 Å². The van der Waals surface area contributed by atoms with Gasteiger partial charge in [-0.25, -0.2) is 0 Å². The number of unbranched alkanes of at least 4 members (excludes halogenated alkanes) is 29. The average molecular weight is 992 g/mol. The molecular weight excluding hydrogens is 865 g/mol. The molecule has 8 heteroatoms. The second-order valence-corrected chi connectivity index (χ2v) is 22.0. The molecule has 418 valence electrons. The van der Waals surface area contributed by atoms with Gasteiger partial charge < -0.3 is 30.7 Å². The van der Waals surface area contributed by atoms with Crippen molar-refractivity contribution in [2.45, 2.75) is 310 Å². The lowest BCUT2D eigenvalue weighted by atomic mass is 9.94. The predicted molar refractivity (Wildman–Crippen MR) is 306 cm³/mol. The van der Waals surface area contributed by atoms with Crippen molar-refractivity contribution < 1.29 is 19.1 Å². The van der Waals surface area contributed by atoms with Crippen LogP contribution in [-0.4, -0.2) is 87.3 Å². The van der Waals surface area contributed by atoms with Gasteiger partial charge in [-0.2, -0.15) is 0 Å². The first-order valence-electron chi connectivity index (χ1n) is 31.6. The number of nitrogens with two attached hydrogens (primary N) is 2. The number of hydrogen-bond donors (Lipinski definition) is 2. The van der Waals surface area contributed by atoms with Gasteiger partial charge in [0.2, 0.25) is 0 Å². The highest BCUT2D eigenvalue weighted by Gasteiger charge is 2.15. The van der Waals surface area contributed by atoms with Gasteiger partial charge in [-0.3, -0.25) is 9.59 Å². The van der Waals surface area contributed by atoms with E-state index in [1.54, 1.807) is 0 Å². The molecule has 0 saturated carbocycles. The highest BCUT2D eigenvalue weighted by Crippen LogP contribution is 2.22. The fourth-order valence-electron chi connectivity index (χ4n) is 10.3. The van der Waals surface area contributed by atoms with Crippen LogP contribution in [0, 0.1) is 11.8 Å². The molecule has 0 aromatic rings. The Hall–Kier alpha value is -1.22. The zero-order chi connectivity index (χ0) is 51.1. The summed E-state index contributed by atoms with van der Waals surface area (Å²) in [5.41, 5.74) is 11.9. The molecule has 0 fully saturated rings. The Labute approximate surface area is 438 Å². The maximum atomic E-state index is 12.8. The first kappa shape index (κ1) is 68.8. The van der Waals surface area contributed by atoms with Crippen LogP contribution in [0.2, 0.25) is 0 Å². The van der Waals surface area contributed by atoms with E-state index in [4.69, 9.17) is 20.9 Å². The maximum absolute atomic E-state index is 12.8. The molecule has 0 aliphatic rings. The number of rotatable bonds is 59. The Balaban J connectivity index is 4.57. The third-order valence-electron chi connectivity index (χ3n) is 15.1.